The molecule has 16 heavy (non-hydrogen) atoms. The van der Waals surface area contributed by atoms with Gasteiger partial charge in [0, 0.05) is 18.7 Å². The van der Waals surface area contributed by atoms with Crippen molar-refractivity contribution in [1.82, 2.24) is 4.90 Å². The predicted molar refractivity (Wildman–Crippen MR) is 68.0 cm³/mol. The van der Waals surface area contributed by atoms with Crippen LogP contribution in [0, 0.1) is 5.92 Å². The minimum Gasteiger partial charge on any atom is -0.370 e. The molecule has 1 heteroatoms. The lowest BCUT2D eigenvalue weighted by Crippen LogP contribution is -2.28. The van der Waals surface area contributed by atoms with Crippen LogP contribution in [-0.4, -0.2) is 18.0 Å². The summed E-state index contributed by atoms with van der Waals surface area (Å²) >= 11 is 0. The molecule has 2 unspecified atom stereocenters. The lowest BCUT2D eigenvalue weighted by Gasteiger charge is -2.25. The third-order valence-corrected chi connectivity index (χ3v) is 3.96. The van der Waals surface area contributed by atoms with Gasteiger partial charge in [0.05, 0.1) is 6.04 Å². The summed E-state index contributed by atoms with van der Waals surface area (Å²) in [6, 6.07) is 0.562. The van der Waals surface area contributed by atoms with Crippen LogP contribution in [0.3, 0.4) is 0 Å². The van der Waals surface area contributed by atoms with Crippen molar-refractivity contribution in [3.05, 3.63) is 47.7 Å². The molecule has 0 bridgehead atoms. The van der Waals surface area contributed by atoms with E-state index >= 15 is 0 Å². The number of likely N-dealkylation sites (N-methyl/N-ethyl adjacent to an activating group) is 1. The fraction of sp³-hybridized carbons (Fsp3) is 0.467. The topological polar surface area (TPSA) is 3.24 Å². The molecule has 1 heterocycles. The number of hydrogen-bond donors (Lipinski definition) is 0. The highest BCUT2D eigenvalue weighted by Crippen LogP contribution is 2.40. The molecular formula is C15H19N. The van der Waals surface area contributed by atoms with Gasteiger partial charge < -0.3 is 4.90 Å². The lowest BCUT2D eigenvalue weighted by molar-refractivity contribution is 0.347. The third kappa shape index (κ3) is 1.46. The second-order valence-corrected chi connectivity index (χ2v) is 4.92. The minimum atomic E-state index is 0.562. The van der Waals surface area contributed by atoms with Crippen molar-refractivity contribution >= 4 is 0 Å². The molecule has 0 aromatic heterocycles. The molecule has 0 N–H and O–H groups in total. The van der Waals surface area contributed by atoms with Crippen molar-refractivity contribution in [1.29, 1.82) is 0 Å². The first-order valence-corrected chi connectivity index (χ1v) is 6.33. The first-order valence-electron chi connectivity index (χ1n) is 6.33. The molecule has 84 valence electrons. The summed E-state index contributed by atoms with van der Waals surface area (Å²) in [6.45, 7) is 0. The van der Waals surface area contributed by atoms with E-state index in [1.54, 1.807) is 11.3 Å². The first kappa shape index (κ1) is 9.95. The molecule has 0 spiro atoms. The van der Waals surface area contributed by atoms with Crippen molar-refractivity contribution in [2.24, 2.45) is 5.92 Å². The highest BCUT2D eigenvalue weighted by molar-refractivity contribution is 5.41. The Balaban J connectivity index is 2.03. The quantitative estimate of drug-likeness (QED) is 0.557. The summed E-state index contributed by atoms with van der Waals surface area (Å²) in [5.74, 6) is 0.591. The van der Waals surface area contributed by atoms with E-state index in [0.717, 1.165) is 6.42 Å². The van der Waals surface area contributed by atoms with Gasteiger partial charge in [-0.3, -0.25) is 0 Å². The Morgan fingerprint density at radius 2 is 2.06 bits per heavy atom. The first-order chi connectivity index (χ1) is 7.88. The Morgan fingerprint density at radius 3 is 3.00 bits per heavy atom. The maximum atomic E-state index is 2.49. The molecule has 0 radical (unpaired) electrons. The van der Waals surface area contributed by atoms with Gasteiger partial charge in [0.25, 0.3) is 0 Å². The molecule has 2 aliphatic carbocycles. The zero-order chi connectivity index (χ0) is 11.0. The summed E-state index contributed by atoms with van der Waals surface area (Å²) in [6.07, 6.45) is 19.0. The van der Waals surface area contributed by atoms with E-state index < -0.39 is 0 Å². The van der Waals surface area contributed by atoms with E-state index in [1.807, 2.05) is 0 Å². The molecule has 0 aromatic rings. The standard InChI is InChI=1S/C15H19N/c1-16-14-10-6-2-4-8-12(14)13-9-5-3-7-11-15(13)16/h4-6,8-10,12,14H,2-3,7,11H2,1H3. The molecular weight excluding hydrogens is 194 g/mol. The van der Waals surface area contributed by atoms with E-state index in [0.29, 0.717) is 12.0 Å². The maximum absolute atomic E-state index is 2.49. The fourth-order valence-corrected chi connectivity index (χ4v) is 3.11. The van der Waals surface area contributed by atoms with Crippen molar-refractivity contribution in [2.75, 3.05) is 7.05 Å². The number of allylic oxidation sites excluding steroid dienone is 5. The van der Waals surface area contributed by atoms with E-state index in [-0.39, 0.29) is 0 Å². The summed E-state index contributed by atoms with van der Waals surface area (Å²) in [4.78, 5) is 2.49. The van der Waals surface area contributed by atoms with Gasteiger partial charge in [-0.05, 0) is 31.3 Å². The monoisotopic (exact) mass is 213 g/mol. The lowest BCUT2D eigenvalue weighted by atomic mass is 9.94. The normalized spacial score (nSPS) is 32.4. The van der Waals surface area contributed by atoms with Gasteiger partial charge in [-0.15, -0.1) is 0 Å². The van der Waals surface area contributed by atoms with Crippen molar-refractivity contribution in [3.63, 3.8) is 0 Å². The zero-order valence-corrected chi connectivity index (χ0v) is 9.89. The Morgan fingerprint density at radius 1 is 1.19 bits per heavy atom. The third-order valence-electron chi connectivity index (χ3n) is 3.96. The summed E-state index contributed by atoms with van der Waals surface area (Å²) < 4.78 is 0. The average Bonchev–Trinajstić information content (AvgIpc) is 2.60. The second kappa shape index (κ2) is 3.97. The smallest absolute Gasteiger partial charge is 0.0571 e. The van der Waals surface area contributed by atoms with E-state index in [9.17, 15) is 0 Å². The van der Waals surface area contributed by atoms with Gasteiger partial charge in [-0.1, -0.05) is 36.5 Å². The van der Waals surface area contributed by atoms with Crippen LogP contribution in [0.15, 0.2) is 47.7 Å². The van der Waals surface area contributed by atoms with Gasteiger partial charge in [0.1, 0.15) is 0 Å². The number of nitrogens with zero attached hydrogens (tertiary/aromatic N) is 1. The molecule has 0 aromatic carbocycles. The molecule has 1 aliphatic heterocycles. The fourth-order valence-electron chi connectivity index (χ4n) is 3.11. The predicted octanol–water partition coefficient (Wildman–Crippen LogP) is 3.43. The Labute approximate surface area is 97.8 Å². The molecule has 1 nitrogen and oxygen atoms in total. The summed E-state index contributed by atoms with van der Waals surface area (Å²) in [7, 11) is 2.25. The Kier molecular flexibility index (Phi) is 2.47. The van der Waals surface area contributed by atoms with Crippen molar-refractivity contribution < 1.29 is 0 Å². The largest absolute Gasteiger partial charge is 0.370 e. The van der Waals surface area contributed by atoms with Crippen LogP contribution in [-0.2, 0) is 0 Å². The maximum Gasteiger partial charge on any atom is 0.0571 e. The number of hydrogen-bond acceptors (Lipinski definition) is 1. The molecule has 3 rings (SSSR count). The number of rotatable bonds is 0. The van der Waals surface area contributed by atoms with Crippen LogP contribution in [0.5, 0.6) is 0 Å². The molecule has 0 saturated carbocycles. The highest BCUT2D eigenvalue weighted by Gasteiger charge is 2.34. The van der Waals surface area contributed by atoms with Gasteiger partial charge in [-0.25, -0.2) is 0 Å². The van der Waals surface area contributed by atoms with Gasteiger partial charge >= 0.3 is 0 Å². The molecule has 2 atom stereocenters. The second-order valence-electron chi connectivity index (χ2n) is 4.92. The number of fused-ring (bicyclic) bond motifs is 2. The van der Waals surface area contributed by atoms with Crippen LogP contribution >= 0.6 is 0 Å². The Hall–Kier alpha value is -1.24. The van der Waals surface area contributed by atoms with Crippen molar-refractivity contribution in [3.8, 4) is 0 Å². The minimum absolute atomic E-state index is 0.562. The SMILES string of the molecule is CN1C2=C(C=CCCC2)C2C=CCC=CC21. The zero-order valence-electron chi connectivity index (χ0n) is 9.89. The van der Waals surface area contributed by atoms with Gasteiger partial charge in [0.2, 0.25) is 0 Å². The average molecular weight is 213 g/mol. The van der Waals surface area contributed by atoms with E-state index in [1.165, 1.54) is 19.3 Å². The molecule has 0 amide bonds. The van der Waals surface area contributed by atoms with Crippen LogP contribution in [0.25, 0.3) is 0 Å². The highest BCUT2D eigenvalue weighted by atomic mass is 15.2. The van der Waals surface area contributed by atoms with Crippen LogP contribution in [0.4, 0.5) is 0 Å². The summed E-state index contributed by atoms with van der Waals surface area (Å²) in [5, 5.41) is 0. The van der Waals surface area contributed by atoms with Gasteiger partial charge in [-0.2, -0.15) is 0 Å². The van der Waals surface area contributed by atoms with E-state index in [4.69, 9.17) is 0 Å². The van der Waals surface area contributed by atoms with Crippen LogP contribution < -0.4 is 0 Å². The molecule has 0 fully saturated rings. The van der Waals surface area contributed by atoms with Crippen LogP contribution in [0.2, 0.25) is 0 Å². The molecule has 0 saturated heterocycles. The van der Waals surface area contributed by atoms with E-state index in [2.05, 4.69) is 48.4 Å². The van der Waals surface area contributed by atoms with Crippen LogP contribution in [0.1, 0.15) is 25.7 Å². The Bertz CT molecular complexity index is 398. The summed E-state index contributed by atoms with van der Waals surface area (Å²) in [5.41, 5.74) is 3.13. The molecule has 3 aliphatic rings. The van der Waals surface area contributed by atoms with Crippen molar-refractivity contribution in [2.45, 2.75) is 31.7 Å². The van der Waals surface area contributed by atoms with Gasteiger partial charge in [0.15, 0.2) is 0 Å².